The molecule has 0 radical (unpaired) electrons. The van der Waals surface area contributed by atoms with Crippen LogP contribution < -0.4 is 10.5 Å². The number of alkyl halides is 3. The molecule has 2 aromatic rings. The predicted octanol–water partition coefficient (Wildman–Crippen LogP) is 3.79. The standard InChI is InChI=1S/C13H10BrF3N2O/c14-10-5-9(6-19-7-10)12(18)8-1-3-11(4-2-8)20-13(15,16)17/h1-7,12H,18H2/t12-/m0/s1. The van der Waals surface area contributed by atoms with Crippen LogP contribution in [-0.2, 0) is 0 Å². The molecule has 0 spiro atoms. The minimum atomic E-state index is -4.70. The fourth-order valence-electron chi connectivity index (χ4n) is 1.67. The van der Waals surface area contributed by atoms with E-state index in [0.717, 1.165) is 10.0 Å². The second kappa shape index (κ2) is 5.80. The van der Waals surface area contributed by atoms with Gasteiger partial charge in [-0.05, 0) is 45.3 Å². The van der Waals surface area contributed by atoms with Crippen molar-refractivity contribution in [3.8, 4) is 5.75 Å². The largest absolute Gasteiger partial charge is 0.573 e. The number of nitrogens with two attached hydrogens (primary N) is 1. The van der Waals surface area contributed by atoms with Gasteiger partial charge in [0.05, 0.1) is 6.04 Å². The number of ether oxygens (including phenoxy) is 1. The van der Waals surface area contributed by atoms with Crippen LogP contribution in [0.3, 0.4) is 0 Å². The van der Waals surface area contributed by atoms with Gasteiger partial charge >= 0.3 is 6.36 Å². The lowest BCUT2D eigenvalue weighted by Gasteiger charge is -2.14. The van der Waals surface area contributed by atoms with Crippen molar-refractivity contribution >= 4 is 15.9 Å². The summed E-state index contributed by atoms with van der Waals surface area (Å²) in [5.74, 6) is -0.277. The van der Waals surface area contributed by atoms with Crippen LogP contribution in [0.15, 0.2) is 47.2 Å². The Labute approximate surface area is 121 Å². The van der Waals surface area contributed by atoms with Crippen LogP contribution in [0.4, 0.5) is 13.2 Å². The van der Waals surface area contributed by atoms with Gasteiger partial charge in [-0.1, -0.05) is 12.1 Å². The fourth-order valence-corrected chi connectivity index (χ4v) is 2.05. The maximum absolute atomic E-state index is 12.0. The number of hydrogen-bond acceptors (Lipinski definition) is 3. The molecule has 1 heterocycles. The Bertz CT molecular complexity index is 587. The topological polar surface area (TPSA) is 48.1 Å². The minimum Gasteiger partial charge on any atom is -0.406 e. The molecule has 1 atom stereocenters. The zero-order chi connectivity index (χ0) is 14.8. The normalized spacial score (nSPS) is 13.1. The van der Waals surface area contributed by atoms with Crippen LogP contribution >= 0.6 is 15.9 Å². The highest BCUT2D eigenvalue weighted by molar-refractivity contribution is 9.10. The van der Waals surface area contributed by atoms with Gasteiger partial charge in [-0.2, -0.15) is 0 Å². The molecule has 0 bridgehead atoms. The monoisotopic (exact) mass is 346 g/mol. The summed E-state index contributed by atoms with van der Waals surface area (Å²) in [5, 5.41) is 0. The van der Waals surface area contributed by atoms with E-state index in [1.165, 1.54) is 24.3 Å². The van der Waals surface area contributed by atoms with Crippen LogP contribution in [0.1, 0.15) is 17.2 Å². The van der Waals surface area contributed by atoms with Gasteiger partial charge in [0.1, 0.15) is 5.75 Å². The van der Waals surface area contributed by atoms with Crippen molar-refractivity contribution in [3.63, 3.8) is 0 Å². The van der Waals surface area contributed by atoms with E-state index < -0.39 is 12.4 Å². The summed E-state index contributed by atoms with van der Waals surface area (Å²) in [4.78, 5) is 4.00. The predicted molar refractivity (Wildman–Crippen MR) is 71.1 cm³/mol. The first-order valence-corrected chi connectivity index (χ1v) is 6.36. The van der Waals surface area contributed by atoms with E-state index in [1.807, 2.05) is 0 Å². The van der Waals surface area contributed by atoms with Crippen molar-refractivity contribution in [3.05, 3.63) is 58.3 Å². The highest BCUT2D eigenvalue weighted by Crippen LogP contribution is 2.26. The van der Waals surface area contributed by atoms with E-state index in [0.29, 0.717) is 5.56 Å². The first kappa shape index (κ1) is 14.8. The molecule has 1 aromatic heterocycles. The lowest BCUT2D eigenvalue weighted by Crippen LogP contribution is -2.17. The SMILES string of the molecule is N[C@@H](c1ccc(OC(F)(F)F)cc1)c1cncc(Br)c1. The molecular weight excluding hydrogens is 337 g/mol. The van der Waals surface area contributed by atoms with E-state index in [1.54, 1.807) is 18.5 Å². The third-order valence-corrected chi connectivity index (χ3v) is 2.99. The molecule has 20 heavy (non-hydrogen) atoms. The van der Waals surface area contributed by atoms with Crippen molar-refractivity contribution in [1.29, 1.82) is 0 Å². The van der Waals surface area contributed by atoms with Crippen LogP contribution in [0, 0.1) is 0 Å². The van der Waals surface area contributed by atoms with E-state index >= 15 is 0 Å². The van der Waals surface area contributed by atoms with E-state index in [4.69, 9.17) is 5.73 Å². The Hall–Kier alpha value is -1.60. The Balaban J connectivity index is 2.17. The molecule has 0 fully saturated rings. The van der Waals surface area contributed by atoms with Gasteiger partial charge < -0.3 is 10.5 Å². The molecular formula is C13H10BrF3N2O. The summed E-state index contributed by atoms with van der Waals surface area (Å²) in [6.07, 6.45) is -1.47. The third-order valence-electron chi connectivity index (χ3n) is 2.56. The molecule has 2 N–H and O–H groups in total. The number of benzene rings is 1. The van der Waals surface area contributed by atoms with Gasteiger partial charge in [0.15, 0.2) is 0 Å². The molecule has 0 saturated carbocycles. The summed E-state index contributed by atoms with van der Waals surface area (Å²) in [6, 6.07) is 6.78. The maximum Gasteiger partial charge on any atom is 0.573 e. The van der Waals surface area contributed by atoms with Gasteiger partial charge in [-0.25, -0.2) is 0 Å². The van der Waals surface area contributed by atoms with Crippen LogP contribution in [0.2, 0.25) is 0 Å². The Morgan fingerprint density at radius 2 is 1.75 bits per heavy atom. The van der Waals surface area contributed by atoms with Crippen molar-refractivity contribution in [2.75, 3.05) is 0 Å². The summed E-state index contributed by atoms with van der Waals surface area (Å²) in [7, 11) is 0. The molecule has 0 aliphatic rings. The third kappa shape index (κ3) is 3.94. The molecule has 0 unspecified atom stereocenters. The van der Waals surface area contributed by atoms with E-state index in [-0.39, 0.29) is 5.75 Å². The molecule has 0 saturated heterocycles. The quantitative estimate of drug-likeness (QED) is 0.919. The number of aromatic nitrogens is 1. The molecule has 7 heteroatoms. The van der Waals surface area contributed by atoms with Crippen molar-refractivity contribution in [1.82, 2.24) is 4.98 Å². The first-order valence-electron chi connectivity index (χ1n) is 5.57. The summed E-state index contributed by atoms with van der Waals surface area (Å²) < 4.78 is 40.7. The minimum absolute atomic E-state index is 0.277. The fraction of sp³-hybridized carbons (Fsp3) is 0.154. The number of nitrogens with zero attached hydrogens (tertiary/aromatic N) is 1. The summed E-state index contributed by atoms with van der Waals surface area (Å²) >= 11 is 3.28. The molecule has 0 aliphatic heterocycles. The highest BCUT2D eigenvalue weighted by atomic mass is 79.9. The average molecular weight is 347 g/mol. The smallest absolute Gasteiger partial charge is 0.406 e. The molecule has 3 nitrogen and oxygen atoms in total. The van der Waals surface area contributed by atoms with Crippen LogP contribution in [0.5, 0.6) is 5.75 Å². The zero-order valence-corrected chi connectivity index (χ0v) is 11.6. The number of rotatable bonds is 3. The van der Waals surface area contributed by atoms with Gasteiger partial charge in [-0.15, -0.1) is 13.2 Å². The van der Waals surface area contributed by atoms with E-state index in [9.17, 15) is 13.2 Å². The Kier molecular flexibility index (Phi) is 4.29. The maximum atomic E-state index is 12.0. The highest BCUT2D eigenvalue weighted by Gasteiger charge is 2.31. The van der Waals surface area contributed by atoms with Crippen molar-refractivity contribution < 1.29 is 17.9 Å². The second-order valence-corrected chi connectivity index (χ2v) is 4.95. The Morgan fingerprint density at radius 3 is 2.30 bits per heavy atom. The van der Waals surface area contributed by atoms with Crippen LogP contribution in [0.25, 0.3) is 0 Å². The number of hydrogen-bond donors (Lipinski definition) is 1. The molecule has 0 aliphatic carbocycles. The second-order valence-electron chi connectivity index (χ2n) is 4.03. The lowest BCUT2D eigenvalue weighted by molar-refractivity contribution is -0.274. The lowest BCUT2D eigenvalue weighted by atomic mass is 10.0. The van der Waals surface area contributed by atoms with Gasteiger partial charge in [0, 0.05) is 16.9 Å². The summed E-state index contributed by atoms with van der Waals surface area (Å²) in [5.41, 5.74) is 7.46. The summed E-state index contributed by atoms with van der Waals surface area (Å²) in [6.45, 7) is 0. The molecule has 1 aromatic carbocycles. The zero-order valence-electron chi connectivity index (χ0n) is 10.1. The van der Waals surface area contributed by atoms with Crippen LogP contribution in [-0.4, -0.2) is 11.3 Å². The van der Waals surface area contributed by atoms with Crippen molar-refractivity contribution in [2.24, 2.45) is 5.73 Å². The first-order chi connectivity index (χ1) is 9.35. The molecule has 2 rings (SSSR count). The number of pyridine rings is 1. The average Bonchev–Trinajstić information content (AvgIpc) is 2.37. The molecule has 106 valence electrons. The van der Waals surface area contributed by atoms with E-state index in [2.05, 4.69) is 25.7 Å². The van der Waals surface area contributed by atoms with Gasteiger partial charge in [0.25, 0.3) is 0 Å². The van der Waals surface area contributed by atoms with Crippen molar-refractivity contribution in [2.45, 2.75) is 12.4 Å². The Morgan fingerprint density at radius 1 is 1.10 bits per heavy atom. The molecule has 0 amide bonds. The van der Waals surface area contributed by atoms with Gasteiger partial charge in [0.2, 0.25) is 0 Å². The number of halogens is 4. The van der Waals surface area contributed by atoms with Gasteiger partial charge in [-0.3, -0.25) is 4.98 Å².